The number of likely N-dealkylation sites (N-methyl/N-ethyl adjacent to an activating group) is 1. The van der Waals surface area contributed by atoms with Gasteiger partial charge in [-0.25, -0.2) is 15.0 Å². The summed E-state index contributed by atoms with van der Waals surface area (Å²) in [4.78, 5) is 25.2. The number of carbonyl (C=O) groups is 1. The van der Waals surface area contributed by atoms with Gasteiger partial charge in [0, 0.05) is 19.6 Å². The number of aromatic nitrogens is 4. The van der Waals surface area contributed by atoms with E-state index in [1.54, 1.807) is 6.33 Å². The molecule has 2 fully saturated rings. The van der Waals surface area contributed by atoms with Crippen LogP contribution in [-0.2, 0) is 19.0 Å². The number of imidazole rings is 1. The summed E-state index contributed by atoms with van der Waals surface area (Å²) in [5.74, 6) is -0.390. The molecule has 2 aliphatic rings. The minimum Gasteiger partial charge on any atom is -0.382 e. The summed E-state index contributed by atoms with van der Waals surface area (Å²) in [6, 6.07) is 0. The summed E-state index contributed by atoms with van der Waals surface area (Å²) in [6.07, 6.45) is 2.54. The molecule has 0 spiro atoms. The third-order valence-electron chi connectivity index (χ3n) is 5.00. The average Bonchev–Trinajstić information content (AvgIpc) is 3.28. The van der Waals surface area contributed by atoms with Crippen LogP contribution in [0, 0.1) is 0 Å². The fourth-order valence-corrected chi connectivity index (χ4v) is 3.80. The molecule has 1 amide bonds. The van der Waals surface area contributed by atoms with Crippen molar-refractivity contribution in [2.75, 3.05) is 32.4 Å². The Morgan fingerprint density at radius 2 is 2.11 bits per heavy atom. The van der Waals surface area contributed by atoms with Crippen LogP contribution in [0.2, 0.25) is 0 Å². The molecular formula is C17H25N7O4. The van der Waals surface area contributed by atoms with Gasteiger partial charge < -0.3 is 30.2 Å². The van der Waals surface area contributed by atoms with Crippen LogP contribution >= 0.6 is 0 Å². The van der Waals surface area contributed by atoms with Gasteiger partial charge in [-0.1, -0.05) is 0 Å². The highest BCUT2D eigenvalue weighted by Gasteiger charge is 2.56. The first-order valence-corrected chi connectivity index (χ1v) is 9.19. The molecule has 0 saturated carbocycles. The molecule has 2 aromatic rings. The number of anilines is 1. The molecule has 0 unspecified atom stereocenters. The van der Waals surface area contributed by atoms with Gasteiger partial charge in [0.2, 0.25) is 6.41 Å². The fourth-order valence-electron chi connectivity index (χ4n) is 3.80. The van der Waals surface area contributed by atoms with E-state index >= 15 is 0 Å². The Labute approximate surface area is 162 Å². The van der Waals surface area contributed by atoms with E-state index in [-0.39, 0.29) is 18.3 Å². The van der Waals surface area contributed by atoms with E-state index in [0.29, 0.717) is 43.0 Å². The van der Waals surface area contributed by atoms with Crippen LogP contribution in [0.5, 0.6) is 0 Å². The first kappa shape index (κ1) is 19.0. The van der Waals surface area contributed by atoms with E-state index in [0.717, 1.165) is 0 Å². The van der Waals surface area contributed by atoms with Crippen LogP contribution in [0.4, 0.5) is 5.82 Å². The lowest BCUT2D eigenvalue weighted by Gasteiger charge is -2.27. The van der Waals surface area contributed by atoms with Crippen molar-refractivity contribution in [3.8, 4) is 0 Å². The molecule has 28 heavy (non-hydrogen) atoms. The maximum atomic E-state index is 10.4. The second-order valence-electron chi connectivity index (χ2n) is 7.55. The van der Waals surface area contributed by atoms with Gasteiger partial charge in [0.25, 0.3) is 0 Å². The summed E-state index contributed by atoms with van der Waals surface area (Å²) in [5, 5.41) is 2.66. The first-order valence-electron chi connectivity index (χ1n) is 9.19. The molecule has 11 nitrogen and oxygen atoms in total. The summed E-state index contributed by atoms with van der Waals surface area (Å²) in [7, 11) is 1.97. The molecule has 11 heteroatoms. The van der Waals surface area contributed by atoms with Crippen molar-refractivity contribution in [1.29, 1.82) is 0 Å². The zero-order valence-electron chi connectivity index (χ0n) is 16.1. The average molecular weight is 391 g/mol. The molecule has 0 bridgehead atoms. The van der Waals surface area contributed by atoms with Gasteiger partial charge in [-0.05, 0) is 20.9 Å². The molecule has 0 aromatic carbocycles. The van der Waals surface area contributed by atoms with Crippen LogP contribution in [0.1, 0.15) is 20.1 Å². The Hall–Kier alpha value is -2.34. The molecular weight excluding hydrogens is 366 g/mol. The largest absolute Gasteiger partial charge is 0.382 e. The van der Waals surface area contributed by atoms with Crippen LogP contribution in [-0.4, -0.2) is 81.6 Å². The van der Waals surface area contributed by atoms with E-state index in [4.69, 9.17) is 19.9 Å². The molecule has 4 rings (SSSR count). The lowest BCUT2D eigenvalue weighted by molar-refractivity contribution is -0.197. The summed E-state index contributed by atoms with van der Waals surface area (Å²) >= 11 is 0. The zero-order chi connectivity index (χ0) is 19.9. The van der Waals surface area contributed by atoms with Crippen LogP contribution in [0.15, 0.2) is 12.7 Å². The van der Waals surface area contributed by atoms with Gasteiger partial charge in [0.05, 0.1) is 6.33 Å². The van der Waals surface area contributed by atoms with E-state index in [1.165, 1.54) is 6.33 Å². The fraction of sp³-hybridized carbons (Fsp3) is 0.647. The minimum atomic E-state index is -0.711. The lowest BCUT2D eigenvalue weighted by atomic mass is 10.1. The molecule has 2 aromatic heterocycles. The van der Waals surface area contributed by atoms with Crippen molar-refractivity contribution in [3.05, 3.63) is 12.7 Å². The number of fused-ring (bicyclic) bond motifs is 2. The molecule has 0 radical (unpaired) electrons. The Morgan fingerprint density at radius 3 is 2.89 bits per heavy atom. The predicted octanol–water partition coefficient (Wildman–Crippen LogP) is -0.496. The maximum absolute atomic E-state index is 10.4. The highest BCUT2D eigenvalue weighted by molar-refractivity contribution is 5.81. The van der Waals surface area contributed by atoms with E-state index in [9.17, 15) is 4.79 Å². The molecule has 2 saturated heterocycles. The van der Waals surface area contributed by atoms with Crippen molar-refractivity contribution in [1.82, 2.24) is 29.7 Å². The third-order valence-corrected chi connectivity index (χ3v) is 5.00. The van der Waals surface area contributed by atoms with Crippen LogP contribution in [0.3, 0.4) is 0 Å². The van der Waals surface area contributed by atoms with E-state index in [1.807, 2.05) is 25.5 Å². The topological polar surface area (TPSA) is 130 Å². The Kier molecular flexibility index (Phi) is 4.91. The van der Waals surface area contributed by atoms with Crippen LogP contribution in [0.25, 0.3) is 11.2 Å². The number of nitrogens with one attached hydrogen (secondary N) is 1. The highest BCUT2D eigenvalue weighted by atomic mass is 16.8. The first-order chi connectivity index (χ1) is 13.4. The standard InChI is InChI=1S/C17H25N7O4/c1-17(2)27-12-10(6-23(3)5-4-19-9-25)26-16(13(12)28-17)24-8-22-11-14(18)20-7-21-15(11)24/h7-10,12-13,16H,4-6H2,1-3H3,(H,19,25)(H2,18,20,21)/t10-,12-,13-,16-/m1/s1. The number of rotatable bonds is 7. The summed E-state index contributed by atoms with van der Waals surface area (Å²) in [5.41, 5.74) is 7.03. The van der Waals surface area contributed by atoms with Crippen molar-refractivity contribution in [2.45, 2.75) is 44.2 Å². The number of hydrogen-bond donors (Lipinski definition) is 2. The number of hydrogen-bond acceptors (Lipinski definition) is 9. The monoisotopic (exact) mass is 391 g/mol. The second kappa shape index (κ2) is 7.24. The number of carbonyl (C=O) groups excluding carboxylic acids is 1. The summed E-state index contributed by atoms with van der Waals surface area (Å²) < 4.78 is 20.4. The quantitative estimate of drug-likeness (QED) is 0.474. The molecule has 0 aliphatic carbocycles. The van der Waals surface area contributed by atoms with E-state index in [2.05, 4.69) is 25.2 Å². The Bertz CT molecular complexity index is 857. The third kappa shape index (κ3) is 3.41. The Balaban J connectivity index is 1.58. The second-order valence-corrected chi connectivity index (χ2v) is 7.55. The lowest BCUT2D eigenvalue weighted by Crippen LogP contribution is -2.40. The van der Waals surface area contributed by atoms with Gasteiger partial charge in [-0.15, -0.1) is 0 Å². The number of nitrogens with two attached hydrogens (primary N) is 1. The van der Waals surface area contributed by atoms with Gasteiger partial charge in [0.15, 0.2) is 23.5 Å². The summed E-state index contributed by atoms with van der Waals surface area (Å²) in [6.45, 7) is 5.67. The minimum absolute atomic E-state index is 0.213. The van der Waals surface area contributed by atoms with Crippen molar-refractivity contribution in [2.24, 2.45) is 0 Å². The van der Waals surface area contributed by atoms with Gasteiger partial charge in [-0.2, -0.15) is 0 Å². The zero-order valence-corrected chi connectivity index (χ0v) is 16.1. The molecule has 2 aliphatic heterocycles. The van der Waals surface area contributed by atoms with Gasteiger partial charge in [0.1, 0.15) is 30.2 Å². The number of amides is 1. The molecule has 3 N–H and O–H groups in total. The normalized spacial score (nSPS) is 28.7. The molecule has 4 heterocycles. The van der Waals surface area contributed by atoms with Crippen LogP contribution < -0.4 is 11.1 Å². The number of nitrogens with zero attached hydrogens (tertiary/aromatic N) is 5. The predicted molar refractivity (Wildman–Crippen MR) is 99.0 cm³/mol. The SMILES string of the molecule is CN(CCNC=O)C[C@H]1O[C@@H](n2cnc3c(N)ncnc32)[C@@H]2OC(C)(C)O[C@@H]21. The Morgan fingerprint density at radius 1 is 1.32 bits per heavy atom. The number of ether oxygens (including phenoxy) is 3. The van der Waals surface area contributed by atoms with Gasteiger partial charge in [-0.3, -0.25) is 9.36 Å². The van der Waals surface area contributed by atoms with Crippen molar-refractivity contribution < 1.29 is 19.0 Å². The van der Waals surface area contributed by atoms with Crippen molar-refractivity contribution in [3.63, 3.8) is 0 Å². The maximum Gasteiger partial charge on any atom is 0.207 e. The smallest absolute Gasteiger partial charge is 0.207 e. The van der Waals surface area contributed by atoms with Crippen molar-refractivity contribution >= 4 is 23.4 Å². The molecule has 4 atom stereocenters. The highest BCUT2D eigenvalue weighted by Crippen LogP contribution is 2.43. The number of nitrogen functional groups attached to an aromatic ring is 1. The molecule has 152 valence electrons. The van der Waals surface area contributed by atoms with Gasteiger partial charge >= 0.3 is 0 Å². The van der Waals surface area contributed by atoms with E-state index < -0.39 is 12.0 Å².